The molecule has 0 N–H and O–H groups in total. The molecule has 1 unspecified atom stereocenters. The molecule has 1 saturated heterocycles. The summed E-state index contributed by atoms with van der Waals surface area (Å²) in [6, 6.07) is 2.67. The zero-order valence-electron chi connectivity index (χ0n) is 8.93. The van der Waals surface area contributed by atoms with Crippen LogP contribution in [0.15, 0.2) is 12.1 Å². The quantitative estimate of drug-likeness (QED) is 0.745. The van der Waals surface area contributed by atoms with Crippen molar-refractivity contribution in [3.63, 3.8) is 0 Å². The van der Waals surface area contributed by atoms with Gasteiger partial charge in [0.05, 0.1) is 5.02 Å². The molecule has 1 atom stereocenters. The Bertz CT molecular complexity index is 425. The average molecular weight is 243 g/mol. The van der Waals surface area contributed by atoms with Gasteiger partial charge in [-0.2, -0.15) is 0 Å². The van der Waals surface area contributed by atoms with E-state index in [0.29, 0.717) is 24.2 Å². The van der Waals surface area contributed by atoms with Crippen LogP contribution in [0.25, 0.3) is 0 Å². The van der Waals surface area contributed by atoms with Gasteiger partial charge in [-0.1, -0.05) is 11.6 Å². The van der Waals surface area contributed by atoms with Gasteiger partial charge in [0.15, 0.2) is 5.78 Å². The van der Waals surface area contributed by atoms with Gasteiger partial charge in [0, 0.05) is 12.2 Å². The SMILES string of the molecule is Cc1cc(C(=O)C2CCCO2)c(Cl)cc1F. The van der Waals surface area contributed by atoms with Crippen LogP contribution in [0.5, 0.6) is 0 Å². The average Bonchev–Trinajstić information content (AvgIpc) is 2.75. The molecule has 0 aliphatic carbocycles. The van der Waals surface area contributed by atoms with Crippen LogP contribution in [0.4, 0.5) is 4.39 Å². The Kier molecular flexibility index (Phi) is 3.26. The number of aryl methyl sites for hydroxylation is 1. The number of Topliss-reactive ketones (excluding diaryl/α,β-unsaturated/α-hetero) is 1. The van der Waals surface area contributed by atoms with Crippen LogP contribution in [0.2, 0.25) is 5.02 Å². The first-order valence-electron chi connectivity index (χ1n) is 5.21. The fourth-order valence-corrected chi connectivity index (χ4v) is 2.05. The van der Waals surface area contributed by atoms with Crippen LogP contribution in [-0.4, -0.2) is 18.5 Å². The maximum atomic E-state index is 13.2. The van der Waals surface area contributed by atoms with Crippen molar-refractivity contribution in [3.05, 3.63) is 34.1 Å². The molecule has 4 heteroatoms. The minimum Gasteiger partial charge on any atom is -0.370 e. The number of ketones is 1. The zero-order chi connectivity index (χ0) is 11.7. The number of benzene rings is 1. The van der Waals surface area contributed by atoms with Crippen LogP contribution in [0.1, 0.15) is 28.8 Å². The monoisotopic (exact) mass is 242 g/mol. The molecule has 1 aromatic rings. The number of hydrogen-bond donors (Lipinski definition) is 0. The second-order valence-electron chi connectivity index (χ2n) is 3.95. The van der Waals surface area contributed by atoms with Crippen molar-refractivity contribution < 1.29 is 13.9 Å². The Balaban J connectivity index is 2.32. The summed E-state index contributed by atoms with van der Waals surface area (Å²) in [5.41, 5.74) is 0.776. The van der Waals surface area contributed by atoms with Crippen LogP contribution in [0.3, 0.4) is 0 Å². The Morgan fingerprint density at radius 3 is 2.94 bits per heavy atom. The number of ether oxygens (including phenoxy) is 1. The van der Waals surface area contributed by atoms with Gasteiger partial charge in [-0.3, -0.25) is 4.79 Å². The predicted molar refractivity (Wildman–Crippen MR) is 59.5 cm³/mol. The van der Waals surface area contributed by atoms with Gasteiger partial charge >= 0.3 is 0 Å². The molecule has 1 aromatic carbocycles. The van der Waals surface area contributed by atoms with Crippen LogP contribution in [-0.2, 0) is 4.74 Å². The maximum absolute atomic E-state index is 13.2. The van der Waals surface area contributed by atoms with Crippen LogP contribution in [0, 0.1) is 12.7 Å². The molecule has 1 aliphatic heterocycles. The van der Waals surface area contributed by atoms with E-state index in [1.807, 2.05) is 0 Å². The highest BCUT2D eigenvalue weighted by Gasteiger charge is 2.26. The molecule has 0 amide bonds. The summed E-state index contributed by atoms with van der Waals surface area (Å²) in [5, 5.41) is 0.156. The largest absolute Gasteiger partial charge is 0.370 e. The van der Waals surface area contributed by atoms with Crippen molar-refractivity contribution in [3.8, 4) is 0 Å². The molecule has 0 saturated carbocycles. The molecule has 1 heterocycles. The smallest absolute Gasteiger partial charge is 0.193 e. The van der Waals surface area contributed by atoms with Crippen LogP contribution >= 0.6 is 11.6 Å². The lowest BCUT2D eigenvalue weighted by atomic mass is 10.0. The van der Waals surface area contributed by atoms with Gasteiger partial charge in [0.2, 0.25) is 0 Å². The van der Waals surface area contributed by atoms with Gasteiger partial charge in [-0.25, -0.2) is 4.39 Å². The van der Waals surface area contributed by atoms with Crippen molar-refractivity contribution in [2.45, 2.75) is 25.9 Å². The maximum Gasteiger partial charge on any atom is 0.193 e. The molecule has 16 heavy (non-hydrogen) atoms. The number of hydrogen-bond acceptors (Lipinski definition) is 2. The van der Waals surface area contributed by atoms with Gasteiger partial charge in [0.25, 0.3) is 0 Å². The first-order valence-corrected chi connectivity index (χ1v) is 5.59. The first-order chi connectivity index (χ1) is 7.59. The predicted octanol–water partition coefficient (Wildman–Crippen LogP) is 3.15. The molecule has 1 fully saturated rings. The highest BCUT2D eigenvalue weighted by Crippen LogP contribution is 2.25. The lowest BCUT2D eigenvalue weighted by molar-refractivity contribution is 0.0643. The first kappa shape index (κ1) is 11.6. The molecule has 0 aromatic heterocycles. The number of halogens is 2. The second-order valence-corrected chi connectivity index (χ2v) is 4.35. The highest BCUT2D eigenvalue weighted by molar-refractivity contribution is 6.34. The molecule has 0 radical (unpaired) electrons. The Morgan fingerprint density at radius 1 is 1.56 bits per heavy atom. The van der Waals surface area contributed by atoms with Crippen molar-refractivity contribution in [1.82, 2.24) is 0 Å². The summed E-state index contributed by atoms with van der Waals surface area (Å²) in [4.78, 5) is 12.0. The van der Waals surface area contributed by atoms with Crippen molar-refractivity contribution in [2.24, 2.45) is 0 Å². The zero-order valence-corrected chi connectivity index (χ0v) is 9.68. The van der Waals surface area contributed by atoms with Gasteiger partial charge in [-0.15, -0.1) is 0 Å². The molecule has 1 aliphatic rings. The van der Waals surface area contributed by atoms with Crippen molar-refractivity contribution in [2.75, 3.05) is 6.61 Å². The minimum atomic E-state index is -0.414. The van der Waals surface area contributed by atoms with Gasteiger partial charge in [0.1, 0.15) is 11.9 Å². The summed E-state index contributed by atoms with van der Waals surface area (Å²) in [7, 11) is 0. The molecule has 2 nitrogen and oxygen atoms in total. The Labute approximate surface area is 98.4 Å². The Hall–Kier alpha value is -0.930. The summed E-state index contributed by atoms with van der Waals surface area (Å²) >= 11 is 5.86. The third-order valence-electron chi connectivity index (χ3n) is 2.74. The van der Waals surface area contributed by atoms with E-state index in [2.05, 4.69) is 0 Å². The second kappa shape index (κ2) is 4.52. The van der Waals surface area contributed by atoms with E-state index in [0.717, 1.165) is 6.42 Å². The summed E-state index contributed by atoms with van der Waals surface area (Å²) in [5.74, 6) is -0.542. The van der Waals surface area contributed by atoms with Crippen molar-refractivity contribution >= 4 is 17.4 Å². The highest BCUT2D eigenvalue weighted by atomic mass is 35.5. The van der Waals surface area contributed by atoms with Gasteiger partial charge in [-0.05, 0) is 37.5 Å². The lowest BCUT2D eigenvalue weighted by Crippen LogP contribution is -2.20. The standard InChI is InChI=1S/C12H12ClFO2/c1-7-5-8(9(13)6-10(7)14)12(15)11-3-2-4-16-11/h5-6,11H,2-4H2,1H3. The summed E-state index contributed by atoms with van der Waals surface area (Å²) in [6.07, 6.45) is 1.18. The van der Waals surface area contributed by atoms with Crippen molar-refractivity contribution in [1.29, 1.82) is 0 Å². The molecule has 0 spiro atoms. The third kappa shape index (κ3) is 2.11. The Morgan fingerprint density at radius 2 is 2.31 bits per heavy atom. The van der Waals surface area contributed by atoms with E-state index < -0.39 is 11.9 Å². The number of carbonyl (C=O) groups excluding carboxylic acids is 1. The summed E-state index contributed by atoms with van der Waals surface area (Å²) in [6.45, 7) is 2.21. The molecule has 86 valence electrons. The fourth-order valence-electron chi connectivity index (χ4n) is 1.80. The van der Waals surface area contributed by atoms with E-state index >= 15 is 0 Å². The fraction of sp³-hybridized carbons (Fsp3) is 0.417. The normalized spacial score (nSPS) is 20.1. The number of rotatable bonds is 2. The van der Waals surface area contributed by atoms with E-state index in [9.17, 15) is 9.18 Å². The molecule has 2 rings (SSSR count). The topological polar surface area (TPSA) is 26.3 Å². The molecular weight excluding hydrogens is 231 g/mol. The minimum absolute atomic E-state index is 0.148. The summed E-state index contributed by atoms with van der Waals surface area (Å²) < 4.78 is 18.5. The van der Waals surface area contributed by atoms with Crippen LogP contribution < -0.4 is 0 Å². The van der Waals surface area contributed by atoms with E-state index in [-0.39, 0.29) is 10.8 Å². The molecular formula is C12H12ClFO2. The van der Waals surface area contributed by atoms with E-state index in [1.54, 1.807) is 6.92 Å². The van der Waals surface area contributed by atoms with Gasteiger partial charge < -0.3 is 4.74 Å². The number of carbonyl (C=O) groups is 1. The lowest BCUT2D eigenvalue weighted by Gasteiger charge is -2.10. The third-order valence-corrected chi connectivity index (χ3v) is 3.05. The van der Waals surface area contributed by atoms with E-state index in [1.165, 1.54) is 12.1 Å². The van der Waals surface area contributed by atoms with E-state index in [4.69, 9.17) is 16.3 Å². The molecule has 0 bridgehead atoms.